The van der Waals surface area contributed by atoms with E-state index in [-0.39, 0.29) is 54.3 Å². The van der Waals surface area contributed by atoms with E-state index in [9.17, 15) is 20.0 Å². The van der Waals surface area contributed by atoms with Gasteiger partial charge in [0.25, 0.3) is 11.6 Å². The number of hydrogen-bond donors (Lipinski definition) is 1. The quantitative estimate of drug-likeness (QED) is 0.168. The number of aryl methyl sites for hydroxylation is 1. The van der Waals surface area contributed by atoms with Crippen molar-refractivity contribution in [3.63, 3.8) is 0 Å². The van der Waals surface area contributed by atoms with Crippen LogP contribution in [-0.4, -0.2) is 63.0 Å². The van der Waals surface area contributed by atoms with Crippen molar-refractivity contribution in [2.24, 2.45) is 5.41 Å². The summed E-state index contributed by atoms with van der Waals surface area (Å²) >= 11 is 0. The van der Waals surface area contributed by atoms with Crippen molar-refractivity contribution in [3.8, 4) is 17.6 Å². The predicted molar refractivity (Wildman–Crippen MR) is 170 cm³/mol. The van der Waals surface area contributed by atoms with Gasteiger partial charge in [-0.05, 0) is 68.4 Å². The molecule has 1 aromatic heterocycles. The number of nitro groups is 1. The Morgan fingerprint density at radius 1 is 1.07 bits per heavy atom. The SMILES string of the molecule is CC.Cc1cccc2cc(O)cc(C(=O)N3Cc4nc(OCC5(CN(C)C)CC5)nc(OCc5ccccc5[N+](=O)[O-])c4C3)c12. The number of benzene rings is 3. The summed E-state index contributed by atoms with van der Waals surface area (Å²) < 4.78 is 12.2. The molecule has 2 aliphatic rings. The van der Waals surface area contributed by atoms with Gasteiger partial charge in [-0.15, -0.1) is 0 Å². The largest absolute Gasteiger partial charge is 0.508 e. The molecular formula is C34H39N5O6. The summed E-state index contributed by atoms with van der Waals surface area (Å²) in [5.74, 6) is -0.0278. The number of carbonyl (C=O) groups is 1. The topological polar surface area (TPSA) is 131 Å². The van der Waals surface area contributed by atoms with Crippen LogP contribution in [0.5, 0.6) is 17.6 Å². The number of para-hydroxylation sites is 1. The molecule has 0 atom stereocenters. The van der Waals surface area contributed by atoms with Gasteiger partial charge in [0.2, 0.25) is 5.88 Å². The maximum Gasteiger partial charge on any atom is 0.320 e. The van der Waals surface area contributed by atoms with E-state index in [0.29, 0.717) is 29.0 Å². The van der Waals surface area contributed by atoms with Gasteiger partial charge in [-0.2, -0.15) is 9.97 Å². The number of ether oxygens (including phenoxy) is 2. The molecule has 1 saturated carbocycles. The van der Waals surface area contributed by atoms with Crippen molar-refractivity contribution in [3.05, 3.63) is 92.7 Å². The first-order valence-corrected chi connectivity index (χ1v) is 15.2. The molecule has 0 spiro atoms. The van der Waals surface area contributed by atoms with Crippen LogP contribution >= 0.6 is 0 Å². The fraction of sp³-hybridized carbons (Fsp3) is 0.382. The smallest absolute Gasteiger partial charge is 0.320 e. The lowest BCUT2D eigenvalue weighted by Crippen LogP contribution is -2.28. The Labute approximate surface area is 262 Å². The molecule has 1 fully saturated rings. The second kappa shape index (κ2) is 13.1. The van der Waals surface area contributed by atoms with E-state index in [0.717, 1.165) is 35.7 Å². The normalized spacial score (nSPS) is 14.5. The summed E-state index contributed by atoms with van der Waals surface area (Å²) in [6, 6.07) is 15.4. The number of phenols is 1. The molecule has 1 aliphatic carbocycles. The number of nitro benzene ring substituents is 1. The van der Waals surface area contributed by atoms with Crippen molar-refractivity contribution in [2.45, 2.75) is 53.3 Å². The average molecular weight is 614 g/mol. The minimum Gasteiger partial charge on any atom is -0.508 e. The third-order valence-electron chi connectivity index (χ3n) is 8.08. The number of phenolic OH excluding ortho intramolecular Hbond substituents is 1. The fourth-order valence-electron chi connectivity index (χ4n) is 5.84. The highest BCUT2D eigenvalue weighted by atomic mass is 16.6. The molecule has 0 radical (unpaired) electrons. The van der Waals surface area contributed by atoms with Gasteiger partial charge in [0.05, 0.1) is 47.0 Å². The summed E-state index contributed by atoms with van der Waals surface area (Å²) in [5, 5.41) is 23.5. The van der Waals surface area contributed by atoms with E-state index in [1.165, 1.54) is 12.1 Å². The Balaban J connectivity index is 0.00000196. The molecular weight excluding hydrogens is 574 g/mol. The van der Waals surface area contributed by atoms with Crippen LogP contribution in [0.2, 0.25) is 0 Å². The summed E-state index contributed by atoms with van der Waals surface area (Å²) in [7, 11) is 4.06. The molecule has 0 unspecified atom stereocenters. The van der Waals surface area contributed by atoms with E-state index in [2.05, 4.69) is 14.9 Å². The third kappa shape index (κ3) is 6.83. The van der Waals surface area contributed by atoms with E-state index in [4.69, 9.17) is 9.47 Å². The Morgan fingerprint density at radius 2 is 1.82 bits per heavy atom. The lowest BCUT2D eigenvalue weighted by atomic mass is 9.98. The first kappa shape index (κ1) is 31.6. The minimum absolute atomic E-state index is 0.00819. The van der Waals surface area contributed by atoms with Crippen LogP contribution in [0.1, 0.15) is 59.4 Å². The molecule has 1 amide bonds. The lowest BCUT2D eigenvalue weighted by Gasteiger charge is -2.20. The number of rotatable bonds is 10. The van der Waals surface area contributed by atoms with Gasteiger partial charge in [-0.3, -0.25) is 14.9 Å². The summed E-state index contributed by atoms with van der Waals surface area (Å²) in [5.41, 5.74) is 2.93. The maximum atomic E-state index is 13.9. The van der Waals surface area contributed by atoms with Gasteiger partial charge in [-0.25, -0.2) is 0 Å². The first-order valence-electron chi connectivity index (χ1n) is 15.2. The van der Waals surface area contributed by atoms with Crippen LogP contribution in [0, 0.1) is 22.5 Å². The van der Waals surface area contributed by atoms with Crippen LogP contribution in [0.15, 0.2) is 54.6 Å². The summed E-state index contributed by atoms with van der Waals surface area (Å²) in [6.45, 7) is 7.55. The average Bonchev–Trinajstić information content (AvgIpc) is 3.64. The third-order valence-corrected chi connectivity index (χ3v) is 8.08. The highest BCUT2D eigenvalue weighted by Gasteiger charge is 2.44. The zero-order valence-corrected chi connectivity index (χ0v) is 26.4. The monoisotopic (exact) mass is 613 g/mol. The molecule has 11 heteroatoms. The van der Waals surface area contributed by atoms with Crippen molar-refractivity contribution in [1.29, 1.82) is 0 Å². The maximum absolute atomic E-state index is 13.9. The molecule has 3 aromatic carbocycles. The van der Waals surface area contributed by atoms with Crippen molar-refractivity contribution < 1.29 is 24.3 Å². The molecule has 0 bridgehead atoms. The number of fused-ring (bicyclic) bond motifs is 2. The van der Waals surface area contributed by atoms with Crippen molar-refractivity contribution in [2.75, 3.05) is 27.2 Å². The molecule has 1 N–H and O–H groups in total. The Bertz CT molecular complexity index is 1740. The Hall–Kier alpha value is -4.77. The number of carbonyl (C=O) groups excluding carboxylic acids is 1. The molecule has 4 aromatic rings. The molecule has 11 nitrogen and oxygen atoms in total. The highest BCUT2D eigenvalue weighted by Crippen LogP contribution is 2.46. The second-order valence-corrected chi connectivity index (χ2v) is 11.8. The molecule has 236 valence electrons. The molecule has 0 saturated heterocycles. The van der Waals surface area contributed by atoms with Gasteiger partial charge >= 0.3 is 6.01 Å². The van der Waals surface area contributed by atoms with Crippen LogP contribution in [0.25, 0.3) is 10.8 Å². The van der Waals surface area contributed by atoms with Crippen molar-refractivity contribution in [1.82, 2.24) is 19.8 Å². The number of hydrogen-bond acceptors (Lipinski definition) is 9. The number of aromatic hydroxyl groups is 1. The lowest BCUT2D eigenvalue weighted by molar-refractivity contribution is -0.385. The molecule has 1 aliphatic heterocycles. The van der Waals surface area contributed by atoms with Crippen LogP contribution < -0.4 is 9.47 Å². The summed E-state index contributed by atoms with van der Waals surface area (Å²) in [6.07, 6.45) is 2.10. The van der Waals surface area contributed by atoms with Gasteiger partial charge in [0.15, 0.2) is 0 Å². The minimum atomic E-state index is -0.445. The summed E-state index contributed by atoms with van der Waals surface area (Å²) in [4.78, 5) is 38.0. The molecule has 2 heterocycles. The Morgan fingerprint density at radius 3 is 2.53 bits per heavy atom. The second-order valence-electron chi connectivity index (χ2n) is 11.8. The number of amides is 1. The Kier molecular flexibility index (Phi) is 9.19. The first-order chi connectivity index (χ1) is 21.6. The van der Waals surface area contributed by atoms with Crippen LogP contribution in [-0.2, 0) is 19.7 Å². The van der Waals surface area contributed by atoms with E-state index in [1.54, 1.807) is 29.2 Å². The van der Waals surface area contributed by atoms with Gasteiger partial charge in [0, 0.05) is 18.0 Å². The van der Waals surface area contributed by atoms with E-state index >= 15 is 0 Å². The van der Waals surface area contributed by atoms with Crippen molar-refractivity contribution >= 4 is 22.4 Å². The zero-order valence-electron chi connectivity index (χ0n) is 26.4. The number of nitrogens with zero attached hydrogens (tertiary/aromatic N) is 5. The highest BCUT2D eigenvalue weighted by molar-refractivity contribution is 6.09. The van der Waals surface area contributed by atoms with E-state index in [1.807, 2.05) is 53.1 Å². The zero-order chi connectivity index (χ0) is 32.3. The standard InChI is InChI=1S/C32H33N5O6.C2H6/c1-20-7-6-9-21-13-23(38)14-24(28(20)21)30(39)36-15-25-26(16-36)33-31(43-19-32(11-12-32)18-35(2)3)34-29(25)42-17-22-8-4-5-10-27(22)37(40)41;1-2/h4-10,13-14,38H,11-12,15-19H2,1-3H3;1-2H3. The van der Waals surface area contributed by atoms with Crippen LogP contribution in [0.4, 0.5) is 5.69 Å². The molecule has 45 heavy (non-hydrogen) atoms. The fourth-order valence-corrected chi connectivity index (χ4v) is 5.84. The van der Waals surface area contributed by atoms with Gasteiger partial charge in [-0.1, -0.05) is 44.2 Å². The van der Waals surface area contributed by atoms with Crippen LogP contribution in [0.3, 0.4) is 0 Å². The van der Waals surface area contributed by atoms with Gasteiger partial charge < -0.3 is 24.4 Å². The van der Waals surface area contributed by atoms with Gasteiger partial charge in [0.1, 0.15) is 12.4 Å². The molecule has 6 rings (SSSR count). The number of aromatic nitrogens is 2. The van der Waals surface area contributed by atoms with E-state index < -0.39 is 4.92 Å². The predicted octanol–water partition coefficient (Wildman–Crippen LogP) is 6.03.